The molecule has 1 aromatic rings. The Hall–Kier alpha value is -1.67. The second-order valence-corrected chi connectivity index (χ2v) is 11.0. The molecular formula is C25H35ClN2O5. The maximum Gasteiger partial charge on any atom is 0.310 e. The average molecular weight is 479 g/mol. The number of amides is 1. The summed E-state index contributed by atoms with van der Waals surface area (Å²) in [6, 6.07) is 3.89. The third-order valence-corrected chi connectivity index (χ3v) is 7.74. The second kappa shape index (κ2) is 9.53. The molecule has 3 aliphatic heterocycles. The molecule has 8 heteroatoms. The molecule has 1 atom stereocenters. The number of hydrogen-bond donors (Lipinski definition) is 1. The molecule has 7 nitrogen and oxygen atoms in total. The normalized spacial score (nSPS) is 23.8. The van der Waals surface area contributed by atoms with E-state index in [1.165, 1.54) is 5.56 Å². The van der Waals surface area contributed by atoms with Crippen LogP contribution in [0, 0.1) is 10.8 Å². The van der Waals surface area contributed by atoms with Gasteiger partial charge in [0.15, 0.2) is 0 Å². The Bertz CT molecular complexity index is 912. The fourth-order valence-electron chi connectivity index (χ4n) is 5.23. The number of carboxylic acids is 1. The summed E-state index contributed by atoms with van der Waals surface area (Å²) >= 11 is 6.53. The molecule has 3 aliphatic rings. The fourth-order valence-corrected chi connectivity index (χ4v) is 5.48. The molecule has 0 radical (unpaired) electrons. The Morgan fingerprint density at radius 3 is 2.61 bits per heavy atom. The Labute approximate surface area is 201 Å². The highest BCUT2D eigenvalue weighted by Crippen LogP contribution is 2.38. The summed E-state index contributed by atoms with van der Waals surface area (Å²) in [6.45, 7) is 10.2. The lowest BCUT2D eigenvalue weighted by atomic mass is 9.80. The molecule has 0 spiro atoms. The van der Waals surface area contributed by atoms with Crippen molar-refractivity contribution in [1.29, 1.82) is 0 Å². The number of aliphatic carboxylic acids is 1. The third kappa shape index (κ3) is 5.06. The minimum Gasteiger partial charge on any atom is -0.481 e. The van der Waals surface area contributed by atoms with Crippen molar-refractivity contribution in [2.24, 2.45) is 10.8 Å². The first-order valence-corrected chi connectivity index (χ1v) is 12.2. The number of morpholine rings is 1. The fraction of sp³-hybridized carbons (Fsp3) is 0.680. The molecule has 4 rings (SSSR count). The minimum atomic E-state index is -0.881. The molecule has 1 amide bonds. The van der Waals surface area contributed by atoms with Crippen molar-refractivity contribution in [2.75, 3.05) is 46.1 Å². The zero-order valence-electron chi connectivity index (χ0n) is 19.9. The summed E-state index contributed by atoms with van der Waals surface area (Å²) in [5, 5.41) is 10.3. The number of nitrogens with zero attached hydrogens (tertiary/aromatic N) is 2. The first kappa shape index (κ1) is 24.5. The van der Waals surface area contributed by atoms with Crippen LogP contribution in [0.5, 0.6) is 0 Å². The van der Waals surface area contributed by atoms with Gasteiger partial charge in [0.2, 0.25) is 5.91 Å². The van der Waals surface area contributed by atoms with Crippen LogP contribution in [0.1, 0.15) is 56.3 Å². The van der Waals surface area contributed by atoms with E-state index in [4.69, 9.17) is 21.1 Å². The number of rotatable bonds is 5. The van der Waals surface area contributed by atoms with Crippen LogP contribution in [-0.2, 0) is 32.0 Å². The summed E-state index contributed by atoms with van der Waals surface area (Å²) < 4.78 is 11.3. The van der Waals surface area contributed by atoms with E-state index in [0.29, 0.717) is 57.6 Å². The number of hydrogen-bond acceptors (Lipinski definition) is 5. The maximum atomic E-state index is 13.5. The quantitative estimate of drug-likeness (QED) is 0.697. The van der Waals surface area contributed by atoms with Gasteiger partial charge >= 0.3 is 5.97 Å². The average Bonchev–Trinajstić information content (AvgIpc) is 2.78. The van der Waals surface area contributed by atoms with Crippen LogP contribution in [0.4, 0.5) is 0 Å². The van der Waals surface area contributed by atoms with Gasteiger partial charge in [0.05, 0.1) is 30.1 Å². The van der Waals surface area contributed by atoms with Gasteiger partial charge in [-0.1, -0.05) is 18.5 Å². The van der Waals surface area contributed by atoms with Crippen molar-refractivity contribution >= 4 is 23.5 Å². The largest absolute Gasteiger partial charge is 0.481 e. The van der Waals surface area contributed by atoms with E-state index in [2.05, 4.69) is 11.8 Å². The van der Waals surface area contributed by atoms with Gasteiger partial charge in [-0.2, -0.15) is 0 Å². The van der Waals surface area contributed by atoms with Crippen LogP contribution < -0.4 is 0 Å². The highest BCUT2D eigenvalue weighted by atomic mass is 35.5. The SMILES string of the molecule is CC(C)(CN1CCOCC1c1cc(Cl)cc2c1CN(C(=O)C1(C)CCOCC1)CC2)C(=O)O. The van der Waals surface area contributed by atoms with Crippen LogP contribution in [0.15, 0.2) is 12.1 Å². The Balaban J connectivity index is 1.63. The van der Waals surface area contributed by atoms with Gasteiger partial charge < -0.3 is 19.5 Å². The van der Waals surface area contributed by atoms with E-state index in [-0.39, 0.29) is 17.4 Å². The van der Waals surface area contributed by atoms with Crippen molar-refractivity contribution in [2.45, 2.75) is 52.6 Å². The first-order chi connectivity index (χ1) is 15.6. The Morgan fingerprint density at radius 2 is 1.91 bits per heavy atom. The van der Waals surface area contributed by atoms with E-state index in [0.717, 1.165) is 30.4 Å². The molecule has 1 unspecified atom stereocenters. The van der Waals surface area contributed by atoms with Crippen LogP contribution >= 0.6 is 11.6 Å². The van der Waals surface area contributed by atoms with E-state index in [1.807, 2.05) is 17.0 Å². The number of benzene rings is 1. The zero-order valence-corrected chi connectivity index (χ0v) is 20.6. The van der Waals surface area contributed by atoms with E-state index in [9.17, 15) is 14.7 Å². The van der Waals surface area contributed by atoms with Crippen molar-refractivity contribution < 1.29 is 24.2 Å². The number of halogens is 1. The van der Waals surface area contributed by atoms with Crippen molar-refractivity contribution in [3.63, 3.8) is 0 Å². The van der Waals surface area contributed by atoms with Crippen molar-refractivity contribution in [1.82, 2.24) is 9.80 Å². The molecule has 1 N–H and O–H groups in total. The molecule has 1 aromatic carbocycles. The number of carbonyl (C=O) groups excluding carboxylic acids is 1. The van der Waals surface area contributed by atoms with Gasteiger partial charge in [0.1, 0.15) is 0 Å². The highest BCUT2D eigenvalue weighted by molar-refractivity contribution is 6.30. The predicted octanol–water partition coefficient (Wildman–Crippen LogP) is 3.53. The smallest absolute Gasteiger partial charge is 0.310 e. The van der Waals surface area contributed by atoms with Crippen molar-refractivity contribution in [3.8, 4) is 0 Å². The molecule has 0 aromatic heterocycles. The lowest BCUT2D eigenvalue weighted by Crippen LogP contribution is -2.48. The molecule has 33 heavy (non-hydrogen) atoms. The molecule has 2 fully saturated rings. The van der Waals surface area contributed by atoms with Gasteiger partial charge in [-0.05, 0) is 61.9 Å². The van der Waals surface area contributed by atoms with Gasteiger partial charge in [0.25, 0.3) is 0 Å². The topological polar surface area (TPSA) is 79.3 Å². The summed E-state index contributed by atoms with van der Waals surface area (Å²) in [5.41, 5.74) is 2.08. The third-order valence-electron chi connectivity index (χ3n) is 7.52. The number of fused-ring (bicyclic) bond motifs is 1. The number of ether oxygens (including phenoxy) is 2. The molecule has 3 heterocycles. The van der Waals surface area contributed by atoms with Crippen molar-refractivity contribution in [3.05, 3.63) is 33.8 Å². The summed E-state index contributed by atoms with van der Waals surface area (Å²) in [6.07, 6.45) is 2.25. The first-order valence-electron chi connectivity index (χ1n) is 11.8. The van der Waals surface area contributed by atoms with Crippen LogP contribution in [0.2, 0.25) is 5.02 Å². The van der Waals surface area contributed by atoms with E-state index in [1.54, 1.807) is 13.8 Å². The summed E-state index contributed by atoms with van der Waals surface area (Å²) in [4.78, 5) is 29.5. The molecular weight excluding hydrogens is 444 g/mol. The lowest BCUT2D eigenvalue weighted by molar-refractivity contribution is -0.149. The second-order valence-electron chi connectivity index (χ2n) is 10.5. The maximum absolute atomic E-state index is 13.5. The summed E-state index contributed by atoms with van der Waals surface area (Å²) in [7, 11) is 0. The zero-order chi connectivity index (χ0) is 23.8. The highest BCUT2D eigenvalue weighted by Gasteiger charge is 2.40. The molecule has 0 saturated carbocycles. The van der Waals surface area contributed by atoms with Crippen LogP contribution in [0.3, 0.4) is 0 Å². The van der Waals surface area contributed by atoms with Gasteiger partial charge in [0, 0.05) is 44.4 Å². The molecule has 0 aliphatic carbocycles. The van der Waals surface area contributed by atoms with Crippen LogP contribution in [0.25, 0.3) is 0 Å². The number of carbonyl (C=O) groups is 2. The van der Waals surface area contributed by atoms with Gasteiger partial charge in [-0.3, -0.25) is 14.5 Å². The lowest BCUT2D eigenvalue weighted by Gasteiger charge is -2.42. The monoisotopic (exact) mass is 478 g/mol. The van der Waals surface area contributed by atoms with E-state index >= 15 is 0 Å². The molecule has 0 bridgehead atoms. The number of carboxylic acid groups (broad SMARTS) is 1. The Kier molecular flexibility index (Phi) is 7.06. The molecule has 2 saturated heterocycles. The summed E-state index contributed by atoms with van der Waals surface area (Å²) in [5.74, 6) is -0.622. The minimum absolute atomic E-state index is 0.0986. The van der Waals surface area contributed by atoms with E-state index < -0.39 is 11.4 Å². The standard InChI is InChI=1S/C25H35ClN2O5/c1-24(2,23(30)31)16-28-8-11-33-15-21(28)19-13-18(26)12-17-4-7-27(14-20(17)19)22(29)25(3)5-9-32-10-6-25/h12-13,21H,4-11,14-16H2,1-3H3,(H,30,31). The van der Waals surface area contributed by atoms with Gasteiger partial charge in [-0.15, -0.1) is 0 Å². The predicted molar refractivity (Wildman–Crippen MR) is 125 cm³/mol. The Morgan fingerprint density at radius 1 is 1.18 bits per heavy atom. The molecule has 182 valence electrons. The van der Waals surface area contributed by atoms with Crippen LogP contribution in [-0.4, -0.2) is 72.8 Å². The van der Waals surface area contributed by atoms with Gasteiger partial charge in [-0.25, -0.2) is 0 Å².